The molecule has 0 aromatic carbocycles. The van der Waals surface area contributed by atoms with Crippen LogP contribution in [0.25, 0.3) is 11.6 Å². The van der Waals surface area contributed by atoms with Gasteiger partial charge in [0.2, 0.25) is 0 Å². The molecule has 0 spiro atoms. The van der Waals surface area contributed by atoms with E-state index >= 15 is 0 Å². The van der Waals surface area contributed by atoms with Gasteiger partial charge in [-0.15, -0.1) is 16.4 Å². The topological polar surface area (TPSA) is 61.2 Å². The van der Waals surface area contributed by atoms with Gasteiger partial charge in [0.05, 0.1) is 0 Å². The van der Waals surface area contributed by atoms with Gasteiger partial charge in [-0.2, -0.15) is 0 Å². The zero-order valence-electron chi connectivity index (χ0n) is 9.92. The second-order valence-corrected chi connectivity index (χ2v) is 5.43. The van der Waals surface area contributed by atoms with E-state index in [4.69, 9.17) is 16.6 Å². The smallest absolute Gasteiger partial charge is 0.284 e. The fourth-order valence-electron chi connectivity index (χ4n) is 1.84. The first kappa shape index (κ1) is 11.8. The van der Waals surface area contributed by atoms with Gasteiger partial charge in [-0.05, 0) is 19.3 Å². The SMILES string of the molecule is CN1CCN(c2nc(-c3n[nH]c(=S)o3)cs2)CC1. The summed E-state index contributed by atoms with van der Waals surface area (Å²) in [7, 11) is 2.14. The van der Waals surface area contributed by atoms with Crippen molar-refractivity contribution in [3.05, 3.63) is 10.2 Å². The monoisotopic (exact) mass is 283 g/mol. The molecule has 2 aromatic heterocycles. The Labute approximate surface area is 113 Å². The number of aromatic nitrogens is 3. The van der Waals surface area contributed by atoms with Crippen molar-refractivity contribution in [3.63, 3.8) is 0 Å². The Balaban J connectivity index is 1.79. The van der Waals surface area contributed by atoms with Gasteiger partial charge in [0.25, 0.3) is 10.7 Å². The molecule has 96 valence electrons. The average Bonchev–Trinajstić information content (AvgIpc) is 2.98. The minimum Gasteiger partial charge on any atom is -0.408 e. The Morgan fingerprint density at radius 1 is 1.39 bits per heavy atom. The summed E-state index contributed by atoms with van der Waals surface area (Å²) in [6, 6.07) is 0. The molecular weight excluding hydrogens is 270 g/mol. The van der Waals surface area contributed by atoms with Crippen molar-refractivity contribution < 1.29 is 4.42 Å². The van der Waals surface area contributed by atoms with E-state index in [1.165, 1.54) is 0 Å². The molecule has 0 atom stereocenters. The predicted molar refractivity (Wildman–Crippen MR) is 72.5 cm³/mol. The molecule has 1 saturated heterocycles. The number of thiazole rings is 1. The Bertz CT molecular complexity index is 581. The lowest BCUT2D eigenvalue weighted by molar-refractivity contribution is 0.313. The molecule has 1 fully saturated rings. The number of hydrogen-bond acceptors (Lipinski definition) is 7. The lowest BCUT2D eigenvalue weighted by Gasteiger charge is -2.32. The summed E-state index contributed by atoms with van der Waals surface area (Å²) in [5.41, 5.74) is 0.737. The van der Waals surface area contributed by atoms with E-state index in [-0.39, 0.29) is 4.84 Å². The number of aromatic amines is 1. The first-order valence-corrected chi connectivity index (χ1v) is 6.96. The fraction of sp³-hybridized carbons (Fsp3) is 0.500. The molecule has 1 aliphatic heterocycles. The fourth-order valence-corrected chi connectivity index (χ4v) is 2.82. The van der Waals surface area contributed by atoms with Gasteiger partial charge >= 0.3 is 0 Å². The van der Waals surface area contributed by atoms with E-state index in [2.05, 4.69) is 32.0 Å². The highest BCUT2D eigenvalue weighted by Gasteiger charge is 2.18. The third kappa shape index (κ3) is 2.31. The largest absolute Gasteiger partial charge is 0.408 e. The van der Waals surface area contributed by atoms with E-state index in [1.807, 2.05) is 5.38 Å². The number of piperazine rings is 1. The maximum atomic E-state index is 5.25. The number of rotatable bonds is 2. The van der Waals surface area contributed by atoms with E-state index in [1.54, 1.807) is 11.3 Å². The van der Waals surface area contributed by atoms with Crippen LogP contribution in [0.2, 0.25) is 0 Å². The van der Waals surface area contributed by atoms with Crippen LogP contribution < -0.4 is 4.90 Å². The zero-order valence-corrected chi connectivity index (χ0v) is 11.6. The highest BCUT2D eigenvalue weighted by Crippen LogP contribution is 2.26. The number of likely N-dealkylation sites (N-methyl/N-ethyl adjacent to an activating group) is 1. The Morgan fingerprint density at radius 2 is 2.17 bits per heavy atom. The Morgan fingerprint density at radius 3 is 2.83 bits per heavy atom. The van der Waals surface area contributed by atoms with Crippen molar-refractivity contribution in [2.24, 2.45) is 0 Å². The van der Waals surface area contributed by atoms with Crippen molar-refractivity contribution in [3.8, 4) is 11.6 Å². The van der Waals surface area contributed by atoms with E-state index in [9.17, 15) is 0 Å². The van der Waals surface area contributed by atoms with Crippen LogP contribution in [0.1, 0.15) is 0 Å². The van der Waals surface area contributed by atoms with E-state index in [0.29, 0.717) is 5.89 Å². The number of nitrogens with one attached hydrogen (secondary N) is 1. The van der Waals surface area contributed by atoms with Crippen LogP contribution in [0.15, 0.2) is 9.80 Å². The van der Waals surface area contributed by atoms with Crippen LogP contribution in [0.5, 0.6) is 0 Å². The maximum Gasteiger partial charge on any atom is 0.284 e. The predicted octanol–water partition coefficient (Wildman–Crippen LogP) is 1.61. The second-order valence-electron chi connectivity index (χ2n) is 4.22. The van der Waals surface area contributed by atoms with E-state index < -0.39 is 0 Å². The van der Waals surface area contributed by atoms with Gasteiger partial charge in [0.1, 0.15) is 5.69 Å². The molecule has 8 heteroatoms. The van der Waals surface area contributed by atoms with Crippen molar-refractivity contribution in [2.75, 3.05) is 38.1 Å². The summed E-state index contributed by atoms with van der Waals surface area (Å²) >= 11 is 6.46. The van der Waals surface area contributed by atoms with Crippen molar-refractivity contribution >= 4 is 28.7 Å². The lowest BCUT2D eigenvalue weighted by Crippen LogP contribution is -2.44. The van der Waals surface area contributed by atoms with Gasteiger partial charge in [-0.1, -0.05) is 0 Å². The zero-order chi connectivity index (χ0) is 12.5. The highest BCUT2D eigenvalue weighted by atomic mass is 32.1. The minimum atomic E-state index is 0.277. The summed E-state index contributed by atoms with van der Waals surface area (Å²) in [6.07, 6.45) is 0. The van der Waals surface area contributed by atoms with Gasteiger partial charge in [-0.25, -0.2) is 10.1 Å². The van der Waals surface area contributed by atoms with E-state index in [0.717, 1.165) is 37.0 Å². The number of anilines is 1. The molecule has 0 unspecified atom stereocenters. The van der Waals surface area contributed by atoms with Gasteiger partial charge in [0.15, 0.2) is 5.13 Å². The first-order chi connectivity index (χ1) is 8.72. The van der Waals surface area contributed by atoms with Crippen LogP contribution in [0, 0.1) is 4.84 Å². The molecule has 18 heavy (non-hydrogen) atoms. The molecule has 1 aliphatic rings. The molecule has 1 N–H and O–H groups in total. The standard InChI is InChI=1S/C10H13N5OS2/c1-14-2-4-15(5-3-14)9-11-7(6-18-9)8-12-13-10(17)16-8/h6H,2-5H2,1H3,(H,13,17). The molecule has 3 rings (SSSR count). The van der Waals surface area contributed by atoms with Gasteiger partial charge in [-0.3, -0.25) is 0 Å². The maximum absolute atomic E-state index is 5.25. The quantitative estimate of drug-likeness (QED) is 0.845. The normalized spacial score (nSPS) is 17.3. The van der Waals surface area contributed by atoms with Gasteiger partial charge in [0, 0.05) is 31.6 Å². The molecule has 0 saturated carbocycles. The minimum absolute atomic E-state index is 0.277. The van der Waals surface area contributed by atoms with Crippen LogP contribution >= 0.6 is 23.6 Å². The van der Waals surface area contributed by atoms with Gasteiger partial charge < -0.3 is 14.2 Å². The lowest BCUT2D eigenvalue weighted by atomic mass is 10.3. The molecule has 6 nitrogen and oxygen atoms in total. The van der Waals surface area contributed by atoms with Crippen LogP contribution in [-0.2, 0) is 0 Å². The van der Waals surface area contributed by atoms with Crippen LogP contribution in [0.4, 0.5) is 5.13 Å². The van der Waals surface area contributed by atoms with Crippen LogP contribution in [0.3, 0.4) is 0 Å². The Kier molecular flexibility index (Phi) is 3.14. The molecule has 0 aliphatic carbocycles. The molecule has 2 aromatic rings. The molecule has 0 amide bonds. The van der Waals surface area contributed by atoms with Crippen molar-refractivity contribution in [1.82, 2.24) is 20.1 Å². The summed E-state index contributed by atoms with van der Waals surface area (Å²) in [4.78, 5) is 9.43. The summed E-state index contributed by atoms with van der Waals surface area (Å²) in [5.74, 6) is 0.455. The highest BCUT2D eigenvalue weighted by molar-refractivity contribution is 7.71. The summed E-state index contributed by atoms with van der Waals surface area (Å²) in [5, 5.41) is 9.54. The number of hydrogen-bond donors (Lipinski definition) is 1. The molecule has 3 heterocycles. The Hall–Kier alpha value is -1.25. The van der Waals surface area contributed by atoms with Crippen molar-refractivity contribution in [2.45, 2.75) is 0 Å². The number of nitrogens with zero attached hydrogens (tertiary/aromatic N) is 4. The number of H-pyrrole nitrogens is 1. The van der Waals surface area contributed by atoms with Crippen molar-refractivity contribution in [1.29, 1.82) is 0 Å². The average molecular weight is 283 g/mol. The van der Waals surface area contributed by atoms with Crippen LogP contribution in [-0.4, -0.2) is 53.3 Å². The summed E-state index contributed by atoms with van der Waals surface area (Å²) < 4.78 is 5.25. The third-order valence-corrected chi connectivity index (χ3v) is 4.00. The summed E-state index contributed by atoms with van der Waals surface area (Å²) in [6.45, 7) is 4.15. The third-order valence-electron chi connectivity index (χ3n) is 2.92. The molecular formula is C10H13N5OS2. The molecule has 0 radical (unpaired) electrons. The first-order valence-electron chi connectivity index (χ1n) is 5.67. The second kappa shape index (κ2) is 4.79. The molecule has 0 bridgehead atoms.